The first kappa shape index (κ1) is 21.8. The third kappa shape index (κ3) is 5.76. The van der Waals surface area contributed by atoms with E-state index < -0.39 is 0 Å². The summed E-state index contributed by atoms with van der Waals surface area (Å²) in [7, 11) is 1.61. The lowest BCUT2D eigenvalue weighted by atomic mass is 9.77. The number of hydrogen-bond acceptors (Lipinski definition) is 4. The molecule has 6 heteroatoms. The first-order valence-corrected chi connectivity index (χ1v) is 9.75. The summed E-state index contributed by atoms with van der Waals surface area (Å²) in [5.41, 5.74) is 2.48. The number of Topliss-reactive ketones (excluding diaryl/α,β-unsaturated/α-hetero) is 1. The lowest BCUT2D eigenvalue weighted by Gasteiger charge is -2.28. The molecule has 1 aromatic carbocycles. The summed E-state index contributed by atoms with van der Waals surface area (Å²) in [6.07, 6.45) is 1.91. The summed E-state index contributed by atoms with van der Waals surface area (Å²) < 4.78 is 2.01. The molecule has 0 saturated carbocycles. The van der Waals surface area contributed by atoms with E-state index in [0.29, 0.717) is 12.2 Å². The number of rotatable bonds is 4. The highest BCUT2D eigenvalue weighted by molar-refractivity contribution is 5.98. The first-order chi connectivity index (χ1) is 13.2. The van der Waals surface area contributed by atoms with Crippen LogP contribution in [0.15, 0.2) is 36.7 Å². The van der Waals surface area contributed by atoms with E-state index in [9.17, 15) is 9.59 Å². The Balaban J connectivity index is 0.000000336. The highest BCUT2D eigenvalue weighted by Gasteiger charge is 2.34. The van der Waals surface area contributed by atoms with Gasteiger partial charge in [0.05, 0.1) is 17.9 Å². The normalized spacial score (nSPS) is 14.3. The minimum atomic E-state index is -0.358. The van der Waals surface area contributed by atoms with E-state index in [0.717, 1.165) is 18.8 Å². The summed E-state index contributed by atoms with van der Waals surface area (Å²) in [5, 5.41) is 5.90. The van der Waals surface area contributed by atoms with Crippen LogP contribution in [0.4, 0.5) is 0 Å². The van der Waals surface area contributed by atoms with Crippen LogP contribution in [0.5, 0.6) is 0 Å². The summed E-state index contributed by atoms with van der Waals surface area (Å²) in [4.78, 5) is 28.9. The Hall–Kier alpha value is -2.47. The molecule has 0 radical (unpaired) electrons. The summed E-state index contributed by atoms with van der Waals surface area (Å²) in [6, 6.07) is 10.3. The fourth-order valence-electron chi connectivity index (χ4n) is 3.21. The van der Waals surface area contributed by atoms with E-state index in [4.69, 9.17) is 0 Å². The van der Waals surface area contributed by atoms with E-state index in [1.165, 1.54) is 5.56 Å². The molecule has 3 rings (SSSR count). The average molecular weight is 385 g/mol. The van der Waals surface area contributed by atoms with Crippen molar-refractivity contribution < 1.29 is 9.59 Å². The minimum absolute atomic E-state index is 0.0593. The van der Waals surface area contributed by atoms with Gasteiger partial charge in [-0.25, -0.2) is 4.98 Å². The molecule has 1 amide bonds. The van der Waals surface area contributed by atoms with Crippen molar-refractivity contribution >= 4 is 11.7 Å². The predicted molar refractivity (Wildman–Crippen MR) is 111 cm³/mol. The number of fused-ring (bicyclic) bond motifs is 1. The number of amides is 1. The van der Waals surface area contributed by atoms with Crippen LogP contribution in [0.3, 0.4) is 0 Å². The number of benzene rings is 1. The van der Waals surface area contributed by atoms with E-state index in [2.05, 4.69) is 34.7 Å². The van der Waals surface area contributed by atoms with Gasteiger partial charge in [0.1, 0.15) is 5.69 Å². The fraction of sp³-hybridized carbons (Fsp3) is 0.500. The average Bonchev–Trinajstić information content (AvgIpc) is 3.10. The molecule has 0 spiro atoms. The second-order valence-corrected chi connectivity index (χ2v) is 8.22. The maximum absolute atomic E-state index is 12.6. The first-order valence-electron chi connectivity index (χ1n) is 9.75. The molecule has 2 N–H and O–H groups in total. The van der Waals surface area contributed by atoms with E-state index >= 15 is 0 Å². The van der Waals surface area contributed by atoms with Crippen LogP contribution >= 0.6 is 0 Å². The van der Waals surface area contributed by atoms with Gasteiger partial charge in [-0.3, -0.25) is 9.59 Å². The maximum atomic E-state index is 12.6. The number of hydrogen-bond donors (Lipinski definition) is 2. The van der Waals surface area contributed by atoms with Crippen LogP contribution in [0, 0.1) is 18.3 Å². The zero-order valence-corrected chi connectivity index (χ0v) is 17.6. The molecular formula is C22H32N4O2. The highest BCUT2D eigenvalue weighted by atomic mass is 16.2. The SMILES string of the molecule is CNC(=O)[C@@H](CC(=O)c1ncn2c1CNCC2)C(C)(C)C.Cc1ccccc1. The van der Waals surface area contributed by atoms with Crippen molar-refractivity contribution in [1.29, 1.82) is 0 Å². The number of carbonyl (C=O) groups excluding carboxylic acids is 2. The summed E-state index contributed by atoms with van der Waals surface area (Å²) in [5.74, 6) is -0.512. The van der Waals surface area contributed by atoms with Crippen molar-refractivity contribution in [3.05, 3.63) is 53.6 Å². The predicted octanol–water partition coefficient (Wildman–Crippen LogP) is 2.96. The Kier molecular flexibility index (Phi) is 7.52. The number of nitrogens with zero attached hydrogens (tertiary/aromatic N) is 2. The molecule has 0 unspecified atom stereocenters. The number of carbonyl (C=O) groups is 2. The Morgan fingerprint density at radius 3 is 2.46 bits per heavy atom. The topological polar surface area (TPSA) is 76.0 Å². The van der Waals surface area contributed by atoms with Crippen molar-refractivity contribution in [3.63, 3.8) is 0 Å². The Bertz CT molecular complexity index is 791. The van der Waals surface area contributed by atoms with Gasteiger partial charge in [0, 0.05) is 33.1 Å². The number of nitrogens with one attached hydrogen (secondary N) is 2. The third-order valence-corrected chi connectivity index (χ3v) is 4.97. The molecule has 0 aliphatic carbocycles. The van der Waals surface area contributed by atoms with Crippen LogP contribution < -0.4 is 10.6 Å². The zero-order valence-electron chi connectivity index (χ0n) is 17.6. The molecule has 2 aromatic rings. The van der Waals surface area contributed by atoms with Crippen molar-refractivity contribution in [1.82, 2.24) is 20.2 Å². The van der Waals surface area contributed by atoms with Gasteiger partial charge in [-0.05, 0) is 12.3 Å². The van der Waals surface area contributed by atoms with E-state index in [1.807, 2.05) is 43.5 Å². The molecule has 1 aliphatic heterocycles. The summed E-state index contributed by atoms with van der Waals surface area (Å²) in [6.45, 7) is 10.4. The molecule has 0 bridgehead atoms. The standard InChI is InChI=1S/C15H24N4O2.C7H8/c1-15(2,3)10(14(21)16-4)7-12(20)13-11-8-17-5-6-19(11)9-18-13;1-7-5-3-2-4-6-7/h9-10,17H,5-8H2,1-4H3,(H,16,21);2-6H,1H3/t10-;/m1./s1. The van der Waals surface area contributed by atoms with Crippen molar-refractivity contribution in [3.8, 4) is 0 Å². The molecule has 0 fully saturated rings. The Labute approximate surface area is 167 Å². The quantitative estimate of drug-likeness (QED) is 0.795. The molecule has 152 valence electrons. The van der Waals surface area contributed by atoms with Crippen LogP contribution in [0.25, 0.3) is 0 Å². The van der Waals surface area contributed by atoms with Crippen LogP contribution in [0.1, 0.15) is 48.9 Å². The van der Waals surface area contributed by atoms with Gasteiger partial charge in [-0.1, -0.05) is 56.7 Å². The Morgan fingerprint density at radius 2 is 1.93 bits per heavy atom. The molecule has 28 heavy (non-hydrogen) atoms. The molecule has 6 nitrogen and oxygen atoms in total. The van der Waals surface area contributed by atoms with Gasteiger partial charge in [0.2, 0.25) is 5.91 Å². The lowest BCUT2D eigenvalue weighted by molar-refractivity contribution is -0.127. The molecular weight excluding hydrogens is 352 g/mol. The largest absolute Gasteiger partial charge is 0.359 e. The number of ketones is 1. The number of aromatic nitrogens is 2. The van der Waals surface area contributed by atoms with Crippen LogP contribution in [-0.2, 0) is 17.9 Å². The van der Waals surface area contributed by atoms with Gasteiger partial charge in [0.25, 0.3) is 0 Å². The summed E-state index contributed by atoms with van der Waals surface area (Å²) >= 11 is 0. The van der Waals surface area contributed by atoms with Crippen LogP contribution in [0.2, 0.25) is 0 Å². The molecule has 0 saturated heterocycles. The number of imidazole rings is 1. The van der Waals surface area contributed by atoms with Gasteiger partial charge < -0.3 is 15.2 Å². The van der Waals surface area contributed by atoms with Crippen molar-refractivity contribution in [2.45, 2.75) is 47.2 Å². The van der Waals surface area contributed by atoms with Gasteiger partial charge in [-0.2, -0.15) is 0 Å². The fourth-order valence-corrected chi connectivity index (χ4v) is 3.21. The molecule has 1 aliphatic rings. The Morgan fingerprint density at radius 1 is 1.25 bits per heavy atom. The molecule has 1 atom stereocenters. The highest BCUT2D eigenvalue weighted by Crippen LogP contribution is 2.30. The maximum Gasteiger partial charge on any atom is 0.223 e. The zero-order chi connectivity index (χ0) is 20.7. The van der Waals surface area contributed by atoms with Gasteiger partial charge in [-0.15, -0.1) is 0 Å². The molecule has 1 aromatic heterocycles. The van der Waals surface area contributed by atoms with Gasteiger partial charge >= 0.3 is 0 Å². The van der Waals surface area contributed by atoms with Crippen molar-refractivity contribution in [2.75, 3.05) is 13.6 Å². The number of aryl methyl sites for hydroxylation is 1. The minimum Gasteiger partial charge on any atom is -0.359 e. The van der Waals surface area contributed by atoms with Crippen LogP contribution in [-0.4, -0.2) is 34.8 Å². The smallest absolute Gasteiger partial charge is 0.223 e. The van der Waals surface area contributed by atoms with E-state index in [-0.39, 0.29) is 29.4 Å². The van der Waals surface area contributed by atoms with Crippen molar-refractivity contribution in [2.24, 2.45) is 11.3 Å². The monoisotopic (exact) mass is 384 g/mol. The van der Waals surface area contributed by atoms with Gasteiger partial charge in [0.15, 0.2) is 5.78 Å². The molecule has 2 heterocycles. The van der Waals surface area contributed by atoms with E-state index in [1.54, 1.807) is 13.4 Å². The second kappa shape index (κ2) is 9.64. The third-order valence-electron chi connectivity index (χ3n) is 4.97. The second-order valence-electron chi connectivity index (χ2n) is 8.22. The lowest BCUT2D eigenvalue weighted by Crippen LogP contribution is -2.38.